The van der Waals surface area contributed by atoms with Gasteiger partial charge in [-0.1, -0.05) is 15.9 Å². The molecule has 1 saturated heterocycles. The number of nitrogen functional groups attached to an aromatic ring is 1. The zero-order valence-electron chi connectivity index (χ0n) is 9.45. The minimum Gasteiger partial charge on any atom is -0.397 e. The van der Waals surface area contributed by atoms with Crippen molar-refractivity contribution in [3.05, 3.63) is 22.7 Å². The average Bonchev–Trinajstić information content (AvgIpc) is 2.29. The second kappa shape index (κ2) is 5.06. The molecule has 0 aliphatic carbocycles. The van der Waals surface area contributed by atoms with Crippen molar-refractivity contribution < 1.29 is 4.74 Å². The summed E-state index contributed by atoms with van der Waals surface area (Å²) in [6.45, 7) is 2.04. The highest BCUT2D eigenvalue weighted by molar-refractivity contribution is 9.10. The molecule has 1 aliphatic heterocycles. The number of methoxy groups -OCH3 is 1. The molecule has 1 aliphatic rings. The lowest BCUT2D eigenvalue weighted by Gasteiger charge is -2.33. The Morgan fingerprint density at radius 1 is 1.38 bits per heavy atom. The fourth-order valence-corrected chi connectivity index (χ4v) is 2.52. The van der Waals surface area contributed by atoms with Crippen LogP contribution in [0.3, 0.4) is 0 Å². The van der Waals surface area contributed by atoms with Gasteiger partial charge in [0.05, 0.1) is 17.5 Å². The Kier molecular flexibility index (Phi) is 3.71. The van der Waals surface area contributed by atoms with Crippen molar-refractivity contribution in [2.24, 2.45) is 0 Å². The molecule has 0 spiro atoms. The number of ether oxygens (including phenoxy) is 1. The molecule has 1 aromatic rings. The van der Waals surface area contributed by atoms with E-state index in [2.05, 4.69) is 26.9 Å². The molecule has 1 aromatic carbocycles. The molecule has 88 valence electrons. The van der Waals surface area contributed by atoms with Crippen LogP contribution < -0.4 is 10.6 Å². The molecule has 0 bridgehead atoms. The van der Waals surface area contributed by atoms with E-state index in [1.54, 1.807) is 7.11 Å². The first-order valence-electron chi connectivity index (χ1n) is 5.53. The van der Waals surface area contributed by atoms with Crippen molar-refractivity contribution in [3.8, 4) is 0 Å². The normalized spacial score (nSPS) is 17.8. The molecular formula is C12H17BrN2O. The minimum atomic E-state index is 0.410. The summed E-state index contributed by atoms with van der Waals surface area (Å²) in [5.41, 5.74) is 7.99. The molecule has 3 nitrogen and oxygen atoms in total. The summed E-state index contributed by atoms with van der Waals surface area (Å²) < 4.78 is 6.39. The van der Waals surface area contributed by atoms with Crippen molar-refractivity contribution >= 4 is 27.3 Å². The Morgan fingerprint density at radius 3 is 2.62 bits per heavy atom. The standard InChI is InChI=1S/C12H17BrN2O/c1-16-10-4-6-15(7-5-10)12-3-2-9(13)8-11(12)14/h2-3,8,10H,4-7,14H2,1H3. The summed E-state index contributed by atoms with van der Waals surface area (Å²) in [7, 11) is 1.79. The van der Waals surface area contributed by atoms with Gasteiger partial charge < -0.3 is 15.4 Å². The number of benzene rings is 1. The fraction of sp³-hybridized carbons (Fsp3) is 0.500. The monoisotopic (exact) mass is 284 g/mol. The first kappa shape index (κ1) is 11.7. The van der Waals surface area contributed by atoms with E-state index < -0.39 is 0 Å². The van der Waals surface area contributed by atoms with Gasteiger partial charge in [-0.05, 0) is 31.0 Å². The number of hydrogen-bond acceptors (Lipinski definition) is 3. The van der Waals surface area contributed by atoms with E-state index in [0.29, 0.717) is 6.10 Å². The first-order valence-corrected chi connectivity index (χ1v) is 6.33. The largest absolute Gasteiger partial charge is 0.397 e. The highest BCUT2D eigenvalue weighted by atomic mass is 79.9. The number of rotatable bonds is 2. The van der Waals surface area contributed by atoms with Gasteiger partial charge >= 0.3 is 0 Å². The number of anilines is 2. The molecule has 0 amide bonds. The summed E-state index contributed by atoms with van der Waals surface area (Å²) in [6.07, 6.45) is 2.56. The summed E-state index contributed by atoms with van der Waals surface area (Å²) in [4.78, 5) is 2.33. The van der Waals surface area contributed by atoms with Gasteiger partial charge in [-0.25, -0.2) is 0 Å². The van der Waals surface area contributed by atoms with Gasteiger partial charge in [0, 0.05) is 24.7 Å². The predicted octanol–water partition coefficient (Wildman–Crippen LogP) is 2.65. The second-order valence-electron chi connectivity index (χ2n) is 4.13. The Labute approximate surface area is 105 Å². The maximum atomic E-state index is 6.02. The zero-order chi connectivity index (χ0) is 11.5. The number of nitrogens with two attached hydrogens (primary N) is 1. The number of hydrogen-bond donors (Lipinski definition) is 1. The minimum absolute atomic E-state index is 0.410. The van der Waals surface area contributed by atoms with Gasteiger partial charge in [0.1, 0.15) is 0 Å². The maximum absolute atomic E-state index is 6.02. The van der Waals surface area contributed by atoms with Crippen molar-refractivity contribution in [2.45, 2.75) is 18.9 Å². The van der Waals surface area contributed by atoms with E-state index in [4.69, 9.17) is 10.5 Å². The van der Waals surface area contributed by atoms with Crippen LogP contribution in [0, 0.1) is 0 Å². The zero-order valence-corrected chi connectivity index (χ0v) is 11.0. The number of halogens is 1. The Hall–Kier alpha value is -0.740. The number of nitrogens with zero attached hydrogens (tertiary/aromatic N) is 1. The van der Waals surface area contributed by atoms with E-state index in [-0.39, 0.29) is 0 Å². The van der Waals surface area contributed by atoms with Crippen molar-refractivity contribution in [1.82, 2.24) is 0 Å². The van der Waals surface area contributed by atoms with E-state index in [1.807, 2.05) is 12.1 Å². The highest BCUT2D eigenvalue weighted by Gasteiger charge is 2.19. The van der Waals surface area contributed by atoms with Crippen LogP contribution in [0.5, 0.6) is 0 Å². The molecule has 16 heavy (non-hydrogen) atoms. The number of piperidine rings is 1. The molecule has 1 fully saturated rings. The molecule has 1 heterocycles. The summed E-state index contributed by atoms with van der Waals surface area (Å²) in [5, 5.41) is 0. The fourth-order valence-electron chi connectivity index (χ4n) is 2.15. The van der Waals surface area contributed by atoms with E-state index in [1.165, 1.54) is 0 Å². The maximum Gasteiger partial charge on any atom is 0.0605 e. The third-order valence-electron chi connectivity index (χ3n) is 3.11. The van der Waals surface area contributed by atoms with Gasteiger partial charge in [0.15, 0.2) is 0 Å². The third kappa shape index (κ3) is 2.50. The molecule has 0 radical (unpaired) electrons. The molecule has 2 N–H and O–H groups in total. The molecular weight excluding hydrogens is 268 g/mol. The molecule has 0 aromatic heterocycles. The predicted molar refractivity (Wildman–Crippen MR) is 70.8 cm³/mol. The van der Waals surface area contributed by atoms with Crippen LogP contribution in [0.2, 0.25) is 0 Å². The Balaban J connectivity index is 2.08. The van der Waals surface area contributed by atoms with Crippen LogP contribution >= 0.6 is 15.9 Å². The van der Waals surface area contributed by atoms with Crippen LogP contribution in [0.4, 0.5) is 11.4 Å². The quantitative estimate of drug-likeness (QED) is 0.849. The summed E-state index contributed by atoms with van der Waals surface area (Å²) in [6, 6.07) is 6.07. The average molecular weight is 285 g/mol. The Morgan fingerprint density at radius 2 is 2.06 bits per heavy atom. The van der Waals surface area contributed by atoms with Gasteiger partial charge in [0.25, 0.3) is 0 Å². The van der Waals surface area contributed by atoms with E-state index >= 15 is 0 Å². The van der Waals surface area contributed by atoms with Gasteiger partial charge in [-0.3, -0.25) is 0 Å². The topological polar surface area (TPSA) is 38.5 Å². The lowest BCUT2D eigenvalue weighted by molar-refractivity contribution is 0.0819. The lowest BCUT2D eigenvalue weighted by Crippen LogP contribution is -2.36. The lowest BCUT2D eigenvalue weighted by atomic mass is 10.1. The van der Waals surface area contributed by atoms with Crippen LogP contribution in [0.25, 0.3) is 0 Å². The SMILES string of the molecule is COC1CCN(c2ccc(Br)cc2N)CC1. The third-order valence-corrected chi connectivity index (χ3v) is 3.60. The van der Waals surface area contributed by atoms with Gasteiger partial charge in [-0.15, -0.1) is 0 Å². The van der Waals surface area contributed by atoms with Crippen LogP contribution in [-0.2, 0) is 4.74 Å². The van der Waals surface area contributed by atoms with E-state index in [9.17, 15) is 0 Å². The van der Waals surface area contributed by atoms with Gasteiger partial charge in [0.2, 0.25) is 0 Å². The van der Waals surface area contributed by atoms with Crippen LogP contribution in [0.15, 0.2) is 22.7 Å². The van der Waals surface area contributed by atoms with Crippen LogP contribution in [-0.4, -0.2) is 26.3 Å². The second-order valence-corrected chi connectivity index (χ2v) is 5.04. The molecule has 2 rings (SSSR count). The molecule has 4 heteroatoms. The smallest absolute Gasteiger partial charge is 0.0605 e. The summed E-state index contributed by atoms with van der Waals surface area (Å²) in [5.74, 6) is 0. The summed E-state index contributed by atoms with van der Waals surface area (Å²) >= 11 is 3.42. The Bertz CT molecular complexity index is 362. The van der Waals surface area contributed by atoms with E-state index in [0.717, 1.165) is 41.8 Å². The molecule has 0 unspecified atom stereocenters. The van der Waals surface area contributed by atoms with Gasteiger partial charge in [-0.2, -0.15) is 0 Å². The van der Waals surface area contributed by atoms with Crippen molar-refractivity contribution in [1.29, 1.82) is 0 Å². The van der Waals surface area contributed by atoms with Crippen LogP contribution in [0.1, 0.15) is 12.8 Å². The molecule has 0 saturated carbocycles. The van der Waals surface area contributed by atoms with Crippen molar-refractivity contribution in [3.63, 3.8) is 0 Å². The van der Waals surface area contributed by atoms with Crippen molar-refractivity contribution in [2.75, 3.05) is 30.8 Å². The molecule has 0 atom stereocenters. The first-order chi connectivity index (χ1) is 7.70. The highest BCUT2D eigenvalue weighted by Crippen LogP contribution is 2.29.